The number of para-hydroxylation sites is 1. The summed E-state index contributed by atoms with van der Waals surface area (Å²) in [5.41, 5.74) is 0.758. The summed E-state index contributed by atoms with van der Waals surface area (Å²) in [6.07, 6.45) is 2.56. The van der Waals surface area contributed by atoms with Crippen molar-refractivity contribution in [1.29, 1.82) is 5.26 Å². The van der Waals surface area contributed by atoms with Crippen molar-refractivity contribution in [2.75, 3.05) is 42.3 Å². The summed E-state index contributed by atoms with van der Waals surface area (Å²) in [5.74, 6) is 1.02. The van der Waals surface area contributed by atoms with E-state index >= 15 is 0 Å². The third kappa shape index (κ3) is 3.23. The molecule has 1 unspecified atom stereocenters. The van der Waals surface area contributed by atoms with E-state index in [9.17, 15) is 9.65 Å². The van der Waals surface area contributed by atoms with Crippen molar-refractivity contribution in [1.82, 2.24) is 9.97 Å². The Kier molecular flexibility index (Phi) is 4.47. The third-order valence-electron chi connectivity index (χ3n) is 4.01. The molecule has 6 nitrogen and oxygen atoms in total. The lowest BCUT2D eigenvalue weighted by molar-refractivity contribution is 0.622. The monoisotopic (exact) mass is 326 g/mol. The van der Waals surface area contributed by atoms with Crippen molar-refractivity contribution in [2.45, 2.75) is 12.5 Å². The van der Waals surface area contributed by atoms with Crippen molar-refractivity contribution in [3.8, 4) is 6.07 Å². The molecule has 0 spiro atoms. The molecule has 1 aliphatic rings. The smallest absolute Gasteiger partial charge is 0.226 e. The maximum absolute atomic E-state index is 14.1. The summed E-state index contributed by atoms with van der Waals surface area (Å²) < 4.78 is 14.1. The lowest BCUT2D eigenvalue weighted by Crippen LogP contribution is -2.27. The SMILES string of the molecule is CN(C)c1nccc(NC2CCN(c3c(F)cccc3C#N)C2)n1. The fourth-order valence-corrected chi connectivity index (χ4v) is 2.86. The van der Waals surface area contributed by atoms with Crippen LogP contribution in [0.25, 0.3) is 0 Å². The molecule has 1 saturated heterocycles. The van der Waals surface area contributed by atoms with Crippen LogP contribution in [0.15, 0.2) is 30.5 Å². The Morgan fingerprint density at radius 2 is 2.21 bits per heavy atom. The highest BCUT2D eigenvalue weighted by Crippen LogP contribution is 2.28. The lowest BCUT2D eigenvalue weighted by atomic mass is 10.1. The third-order valence-corrected chi connectivity index (χ3v) is 4.01. The molecule has 2 aromatic rings. The first-order valence-corrected chi connectivity index (χ1v) is 7.79. The Balaban J connectivity index is 1.73. The van der Waals surface area contributed by atoms with Gasteiger partial charge in [-0.05, 0) is 24.6 Å². The molecule has 0 aliphatic carbocycles. The predicted molar refractivity (Wildman–Crippen MR) is 91.7 cm³/mol. The molecule has 1 fully saturated rings. The molecule has 1 aromatic carbocycles. The van der Waals surface area contributed by atoms with Gasteiger partial charge in [0, 0.05) is 39.4 Å². The largest absolute Gasteiger partial charge is 0.366 e. The minimum atomic E-state index is -0.355. The maximum atomic E-state index is 14.1. The minimum absolute atomic E-state index is 0.140. The number of hydrogen-bond acceptors (Lipinski definition) is 6. The lowest BCUT2D eigenvalue weighted by Gasteiger charge is -2.21. The first kappa shape index (κ1) is 16.0. The van der Waals surface area contributed by atoms with Gasteiger partial charge >= 0.3 is 0 Å². The van der Waals surface area contributed by atoms with Crippen LogP contribution in [0.4, 0.5) is 21.8 Å². The van der Waals surface area contributed by atoms with E-state index in [1.165, 1.54) is 6.07 Å². The molecule has 7 heteroatoms. The van der Waals surface area contributed by atoms with Crippen LogP contribution >= 0.6 is 0 Å². The summed E-state index contributed by atoms with van der Waals surface area (Å²) in [7, 11) is 3.77. The van der Waals surface area contributed by atoms with Crippen LogP contribution in [0.5, 0.6) is 0 Å². The molecule has 24 heavy (non-hydrogen) atoms. The van der Waals surface area contributed by atoms with Gasteiger partial charge in [-0.2, -0.15) is 10.2 Å². The number of anilines is 3. The number of hydrogen-bond donors (Lipinski definition) is 1. The standard InChI is InChI=1S/C17H19FN6/c1-23(2)17-20-8-6-15(22-17)21-13-7-9-24(11-13)16-12(10-19)4-3-5-14(16)18/h3-6,8,13H,7,9,11H2,1-2H3,(H,20,21,22). The van der Waals surface area contributed by atoms with Crippen LogP contribution in [-0.4, -0.2) is 43.2 Å². The summed E-state index contributed by atoms with van der Waals surface area (Å²) in [5, 5.41) is 12.6. The molecule has 0 saturated carbocycles. The Morgan fingerprint density at radius 1 is 1.38 bits per heavy atom. The number of halogens is 1. The summed E-state index contributed by atoms with van der Waals surface area (Å²) >= 11 is 0. The fraction of sp³-hybridized carbons (Fsp3) is 0.353. The van der Waals surface area contributed by atoms with E-state index in [1.807, 2.05) is 30.0 Å². The maximum Gasteiger partial charge on any atom is 0.226 e. The Labute approximate surface area is 140 Å². The highest BCUT2D eigenvalue weighted by Gasteiger charge is 2.26. The van der Waals surface area contributed by atoms with E-state index in [0.29, 0.717) is 30.3 Å². The second-order valence-corrected chi connectivity index (χ2v) is 5.96. The van der Waals surface area contributed by atoms with Crippen molar-refractivity contribution in [2.24, 2.45) is 0 Å². The zero-order valence-electron chi connectivity index (χ0n) is 13.7. The number of aromatic nitrogens is 2. The number of nitriles is 1. The van der Waals surface area contributed by atoms with Crippen molar-refractivity contribution in [3.05, 3.63) is 41.8 Å². The van der Waals surface area contributed by atoms with Crippen LogP contribution in [0, 0.1) is 17.1 Å². The summed E-state index contributed by atoms with van der Waals surface area (Å²) in [4.78, 5) is 12.4. The predicted octanol–water partition coefficient (Wildman–Crippen LogP) is 2.24. The highest BCUT2D eigenvalue weighted by atomic mass is 19.1. The summed E-state index contributed by atoms with van der Waals surface area (Å²) in [6, 6.07) is 8.63. The van der Waals surface area contributed by atoms with E-state index in [1.54, 1.807) is 18.3 Å². The van der Waals surface area contributed by atoms with Gasteiger partial charge in [-0.3, -0.25) is 0 Å². The van der Waals surface area contributed by atoms with Crippen LogP contribution in [0.2, 0.25) is 0 Å². The number of rotatable bonds is 4. The van der Waals surface area contributed by atoms with Gasteiger partial charge < -0.3 is 15.1 Å². The molecule has 3 rings (SSSR count). The molecule has 0 radical (unpaired) electrons. The van der Waals surface area contributed by atoms with Gasteiger partial charge in [0.05, 0.1) is 11.3 Å². The highest BCUT2D eigenvalue weighted by molar-refractivity contribution is 5.61. The molecule has 2 heterocycles. The molecular weight excluding hydrogens is 307 g/mol. The molecule has 0 amide bonds. The van der Waals surface area contributed by atoms with Gasteiger partial charge in [0.15, 0.2) is 0 Å². The van der Waals surface area contributed by atoms with Crippen molar-refractivity contribution >= 4 is 17.5 Å². The molecule has 1 atom stereocenters. The van der Waals surface area contributed by atoms with Gasteiger partial charge in [0.2, 0.25) is 5.95 Å². The van der Waals surface area contributed by atoms with Gasteiger partial charge in [-0.25, -0.2) is 9.37 Å². The number of nitrogens with zero attached hydrogens (tertiary/aromatic N) is 5. The Morgan fingerprint density at radius 3 is 2.96 bits per heavy atom. The second kappa shape index (κ2) is 6.71. The van der Waals surface area contributed by atoms with E-state index < -0.39 is 0 Å². The van der Waals surface area contributed by atoms with Crippen LogP contribution < -0.4 is 15.1 Å². The van der Waals surface area contributed by atoms with Gasteiger partial charge in [-0.15, -0.1) is 0 Å². The van der Waals surface area contributed by atoms with E-state index in [0.717, 1.165) is 12.2 Å². The summed E-state index contributed by atoms with van der Waals surface area (Å²) in [6.45, 7) is 1.32. The first-order chi connectivity index (χ1) is 11.6. The Hall–Kier alpha value is -2.88. The average molecular weight is 326 g/mol. The molecule has 1 N–H and O–H groups in total. The zero-order valence-corrected chi connectivity index (χ0v) is 13.7. The molecule has 124 valence electrons. The minimum Gasteiger partial charge on any atom is -0.366 e. The number of nitrogens with one attached hydrogen (secondary N) is 1. The second-order valence-electron chi connectivity index (χ2n) is 5.96. The molecule has 0 bridgehead atoms. The van der Waals surface area contributed by atoms with Gasteiger partial charge in [0.1, 0.15) is 17.7 Å². The molecule has 1 aromatic heterocycles. The zero-order chi connectivity index (χ0) is 17.1. The molecule has 1 aliphatic heterocycles. The quantitative estimate of drug-likeness (QED) is 0.929. The van der Waals surface area contributed by atoms with Crippen LogP contribution in [0.1, 0.15) is 12.0 Å². The topological polar surface area (TPSA) is 68.1 Å². The van der Waals surface area contributed by atoms with Gasteiger partial charge in [0.25, 0.3) is 0 Å². The van der Waals surface area contributed by atoms with Crippen molar-refractivity contribution < 1.29 is 4.39 Å². The fourth-order valence-electron chi connectivity index (χ4n) is 2.86. The molecular formula is C17H19FN6. The van der Waals surface area contributed by atoms with E-state index in [2.05, 4.69) is 21.4 Å². The van der Waals surface area contributed by atoms with Crippen LogP contribution in [0.3, 0.4) is 0 Å². The Bertz CT molecular complexity index is 770. The van der Waals surface area contributed by atoms with Gasteiger partial charge in [-0.1, -0.05) is 6.07 Å². The van der Waals surface area contributed by atoms with E-state index in [4.69, 9.17) is 0 Å². The van der Waals surface area contributed by atoms with Crippen molar-refractivity contribution in [3.63, 3.8) is 0 Å². The average Bonchev–Trinajstić information content (AvgIpc) is 3.02. The first-order valence-electron chi connectivity index (χ1n) is 7.79. The number of benzene rings is 1. The van der Waals surface area contributed by atoms with Crippen LogP contribution in [-0.2, 0) is 0 Å². The van der Waals surface area contributed by atoms with E-state index in [-0.39, 0.29) is 11.9 Å². The normalized spacial score (nSPS) is 16.8.